The predicted octanol–water partition coefficient (Wildman–Crippen LogP) is 3.90. The van der Waals surface area contributed by atoms with Crippen LogP contribution < -0.4 is 21.7 Å². The number of nitrogens with zero attached hydrogens (tertiary/aromatic N) is 1. The number of rotatable bonds is 12. The van der Waals surface area contributed by atoms with E-state index >= 15 is 0 Å². The van der Waals surface area contributed by atoms with E-state index in [1.807, 2.05) is 56.3 Å². The second-order valence-electron chi connectivity index (χ2n) is 12.5. The second kappa shape index (κ2) is 18.7. The Kier molecular flexibility index (Phi) is 14.7. The molecule has 15 heteroatoms. The molecular weight excluding hydrogens is 683 g/mol. The summed E-state index contributed by atoms with van der Waals surface area (Å²) in [6.07, 6.45) is -2.98. The van der Waals surface area contributed by atoms with Gasteiger partial charge in [0.15, 0.2) is 0 Å². The molecule has 0 aliphatic carbocycles. The molecule has 280 valence electrons. The van der Waals surface area contributed by atoms with E-state index in [4.69, 9.17) is 15.6 Å². The number of carbonyl (C=O) groups is 5. The number of phenols is 1. The number of anilines is 1. The van der Waals surface area contributed by atoms with Gasteiger partial charge in [0.1, 0.15) is 17.8 Å². The third kappa shape index (κ3) is 12.1. The Balaban J connectivity index is 0.000000944. The number of benzene rings is 3. The minimum atomic E-state index is -5.08. The Bertz CT molecular complexity index is 1710. The zero-order valence-electron chi connectivity index (χ0n) is 29.1. The normalized spacial score (nSPS) is 14.8. The summed E-state index contributed by atoms with van der Waals surface area (Å²) in [5, 5.41) is 25.6. The van der Waals surface area contributed by atoms with Gasteiger partial charge in [0, 0.05) is 32.1 Å². The predicted molar refractivity (Wildman–Crippen MR) is 187 cm³/mol. The maximum atomic E-state index is 14.0. The Morgan fingerprint density at radius 3 is 2.10 bits per heavy atom. The van der Waals surface area contributed by atoms with E-state index < -0.39 is 36.2 Å². The zero-order valence-corrected chi connectivity index (χ0v) is 29.1. The lowest BCUT2D eigenvalue weighted by molar-refractivity contribution is -0.192. The molecule has 3 aromatic carbocycles. The van der Waals surface area contributed by atoms with Crippen LogP contribution in [-0.4, -0.2) is 75.6 Å². The van der Waals surface area contributed by atoms with Gasteiger partial charge in [-0.15, -0.1) is 0 Å². The van der Waals surface area contributed by atoms with Crippen LogP contribution in [0.2, 0.25) is 0 Å². The highest BCUT2D eigenvalue weighted by atomic mass is 19.4. The summed E-state index contributed by atoms with van der Waals surface area (Å²) in [5.41, 5.74) is 11.6. The number of hydrogen-bond donors (Lipinski definition) is 6. The average Bonchev–Trinajstić information content (AvgIpc) is 3.08. The van der Waals surface area contributed by atoms with Crippen LogP contribution in [0, 0.1) is 13.8 Å². The summed E-state index contributed by atoms with van der Waals surface area (Å²) < 4.78 is 31.7. The molecule has 1 aliphatic rings. The Hall–Kier alpha value is -5.44. The van der Waals surface area contributed by atoms with Crippen LogP contribution in [0.5, 0.6) is 5.75 Å². The lowest BCUT2D eigenvalue weighted by Gasteiger charge is -2.38. The lowest BCUT2D eigenvalue weighted by atomic mass is 9.91. The molecule has 7 N–H and O–H groups in total. The van der Waals surface area contributed by atoms with Crippen LogP contribution >= 0.6 is 0 Å². The van der Waals surface area contributed by atoms with Crippen LogP contribution in [0.3, 0.4) is 0 Å². The second-order valence-corrected chi connectivity index (χ2v) is 12.5. The lowest BCUT2D eigenvalue weighted by Crippen LogP contribution is -2.58. The number of hydrogen-bond acceptors (Lipinski definition) is 7. The molecule has 0 spiro atoms. The standard InChI is InChI=1S/C35H43N5O5.C2HF3O2/c1-22-17-28(42)18-23(2)29(22)20-30(36)35(45)40-21-26-12-8-7-11-25(26)19-32(40)34(44)39-31(15-9-10-16-37-24(3)41)33(43)38-27-13-5-4-6-14-27;3-2(4,5)1(6)7/h4-8,11-14,17-18,30-32,42H,9-10,15-16,19-21,36H2,1-3H3,(H,37,41)(H,38,43)(H,39,44);(H,6,7)/t30?,31-,32?;/m0./s1. The molecule has 4 amide bonds. The van der Waals surface area contributed by atoms with E-state index in [9.17, 15) is 37.5 Å². The van der Waals surface area contributed by atoms with Gasteiger partial charge in [-0.3, -0.25) is 19.2 Å². The third-order valence-corrected chi connectivity index (χ3v) is 8.47. The summed E-state index contributed by atoms with van der Waals surface area (Å²) in [6, 6.07) is 17.3. The Labute approximate surface area is 299 Å². The van der Waals surface area contributed by atoms with Gasteiger partial charge in [0.05, 0.1) is 6.04 Å². The van der Waals surface area contributed by atoms with Gasteiger partial charge < -0.3 is 36.8 Å². The van der Waals surface area contributed by atoms with E-state index in [0.29, 0.717) is 31.5 Å². The highest BCUT2D eigenvalue weighted by Gasteiger charge is 2.39. The maximum Gasteiger partial charge on any atom is 0.490 e. The average molecular weight is 728 g/mol. The number of nitrogens with two attached hydrogens (primary N) is 1. The molecule has 12 nitrogen and oxygen atoms in total. The van der Waals surface area contributed by atoms with E-state index in [0.717, 1.165) is 27.8 Å². The molecule has 0 fully saturated rings. The fraction of sp³-hybridized carbons (Fsp3) is 0.378. The number of halogens is 3. The fourth-order valence-electron chi connectivity index (χ4n) is 5.83. The van der Waals surface area contributed by atoms with Crippen LogP contribution in [-0.2, 0) is 43.4 Å². The van der Waals surface area contributed by atoms with Crippen molar-refractivity contribution < 1.29 is 47.4 Å². The first-order valence-electron chi connectivity index (χ1n) is 16.6. The van der Waals surface area contributed by atoms with Gasteiger partial charge >= 0.3 is 12.1 Å². The molecule has 1 aliphatic heterocycles. The minimum absolute atomic E-state index is 0.127. The Morgan fingerprint density at radius 2 is 1.52 bits per heavy atom. The number of carbonyl (C=O) groups excluding carboxylic acids is 4. The highest BCUT2D eigenvalue weighted by Crippen LogP contribution is 2.27. The first kappa shape index (κ1) is 41.0. The number of fused-ring (bicyclic) bond motifs is 1. The summed E-state index contributed by atoms with van der Waals surface area (Å²) in [7, 11) is 0. The van der Waals surface area contributed by atoms with Crippen molar-refractivity contribution in [1.82, 2.24) is 15.5 Å². The minimum Gasteiger partial charge on any atom is -0.508 e. The monoisotopic (exact) mass is 727 g/mol. The van der Waals surface area contributed by atoms with Gasteiger partial charge in [0.2, 0.25) is 23.6 Å². The van der Waals surface area contributed by atoms with E-state index in [2.05, 4.69) is 16.0 Å². The van der Waals surface area contributed by atoms with Crippen LogP contribution in [0.25, 0.3) is 0 Å². The number of phenolic OH excluding ortho intramolecular Hbond substituents is 1. The number of aromatic hydroxyl groups is 1. The first-order chi connectivity index (χ1) is 24.5. The number of carboxylic acids is 1. The molecule has 0 aromatic heterocycles. The summed E-state index contributed by atoms with van der Waals surface area (Å²) >= 11 is 0. The van der Waals surface area contributed by atoms with Crippen molar-refractivity contribution in [2.24, 2.45) is 5.73 Å². The molecule has 0 saturated heterocycles. The summed E-state index contributed by atoms with van der Waals surface area (Å²) in [4.78, 5) is 63.0. The third-order valence-electron chi connectivity index (χ3n) is 8.47. The van der Waals surface area contributed by atoms with Gasteiger partial charge in [-0.05, 0) is 91.6 Å². The fourth-order valence-corrected chi connectivity index (χ4v) is 5.83. The number of carboxylic acid groups (broad SMARTS) is 1. The number of alkyl halides is 3. The van der Waals surface area contributed by atoms with Crippen molar-refractivity contribution in [2.75, 3.05) is 11.9 Å². The summed E-state index contributed by atoms with van der Waals surface area (Å²) in [5.74, 6) is -3.89. The molecule has 0 saturated carbocycles. The summed E-state index contributed by atoms with van der Waals surface area (Å²) in [6.45, 7) is 5.86. The molecular formula is C37H44F3N5O7. The number of unbranched alkanes of at least 4 members (excludes halogenated alkanes) is 1. The van der Waals surface area contributed by atoms with Crippen molar-refractivity contribution in [3.8, 4) is 5.75 Å². The molecule has 0 radical (unpaired) electrons. The largest absolute Gasteiger partial charge is 0.508 e. The van der Waals surface area contributed by atoms with Gasteiger partial charge in [-0.1, -0.05) is 42.5 Å². The van der Waals surface area contributed by atoms with E-state index in [-0.39, 0.29) is 42.9 Å². The quantitative estimate of drug-likeness (QED) is 0.151. The first-order valence-corrected chi connectivity index (χ1v) is 16.6. The van der Waals surface area contributed by atoms with Crippen molar-refractivity contribution in [1.29, 1.82) is 0 Å². The van der Waals surface area contributed by atoms with Crippen molar-refractivity contribution in [3.63, 3.8) is 0 Å². The van der Waals surface area contributed by atoms with Crippen LogP contribution in [0.1, 0.15) is 54.0 Å². The maximum absolute atomic E-state index is 14.0. The van der Waals surface area contributed by atoms with Crippen molar-refractivity contribution >= 4 is 35.3 Å². The number of aryl methyl sites for hydroxylation is 2. The van der Waals surface area contributed by atoms with Crippen LogP contribution in [0.15, 0.2) is 66.7 Å². The van der Waals surface area contributed by atoms with Gasteiger partial charge in [0.25, 0.3) is 0 Å². The SMILES string of the molecule is CC(=O)NCCCC[C@H](NC(=O)C1Cc2ccccc2CN1C(=O)C(N)Cc1c(C)cc(O)cc1C)C(=O)Nc1ccccc1.O=C(O)C(F)(F)F. The van der Waals surface area contributed by atoms with E-state index in [1.165, 1.54) is 11.8 Å². The van der Waals surface area contributed by atoms with Crippen molar-refractivity contribution in [2.45, 2.75) is 83.7 Å². The number of aliphatic carboxylic acids is 1. The Morgan fingerprint density at radius 1 is 0.942 bits per heavy atom. The molecule has 4 rings (SSSR count). The van der Waals surface area contributed by atoms with Crippen LogP contribution in [0.4, 0.5) is 18.9 Å². The zero-order chi connectivity index (χ0) is 38.6. The van der Waals surface area contributed by atoms with Gasteiger partial charge in [-0.25, -0.2) is 4.79 Å². The molecule has 0 bridgehead atoms. The molecule has 3 aromatic rings. The highest BCUT2D eigenvalue weighted by molar-refractivity contribution is 5.98. The molecule has 2 unspecified atom stereocenters. The topological polar surface area (TPSA) is 191 Å². The number of nitrogens with one attached hydrogen (secondary N) is 3. The molecule has 1 heterocycles. The molecule has 3 atom stereocenters. The van der Waals surface area contributed by atoms with Crippen molar-refractivity contribution in [3.05, 3.63) is 94.5 Å². The smallest absolute Gasteiger partial charge is 0.490 e. The van der Waals surface area contributed by atoms with Gasteiger partial charge in [-0.2, -0.15) is 13.2 Å². The number of amides is 4. The van der Waals surface area contributed by atoms with E-state index in [1.54, 1.807) is 24.3 Å². The number of para-hydroxylation sites is 1. The molecule has 52 heavy (non-hydrogen) atoms.